The molecule has 0 aliphatic carbocycles. The van der Waals surface area contributed by atoms with Gasteiger partial charge >= 0.3 is 0 Å². The molecule has 0 unspecified atom stereocenters. The van der Waals surface area contributed by atoms with Crippen LogP contribution in [0, 0.1) is 37.7 Å². The van der Waals surface area contributed by atoms with E-state index in [-0.39, 0.29) is 37.7 Å². The van der Waals surface area contributed by atoms with Crippen molar-refractivity contribution in [1.29, 1.82) is 0 Å². The molecular formula is ArCl2OS. The minimum atomic E-state index is -1.67. The molecular weight excluding hydrogens is 159 g/mol. The van der Waals surface area contributed by atoms with E-state index >= 15 is 0 Å². The number of halogens is 2. The molecule has 5 heavy (non-hydrogen) atoms. The maximum atomic E-state index is 9.09. The van der Waals surface area contributed by atoms with Crippen molar-refractivity contribution in [2.45, 2.75) is 0 Å². The second kappa shape index (κ2) is 6.15. The molecule has 0 atom stereocenters. The third-order valence-electron chi connectivity index (χ3n) is 0. The largest absolute Gasteiger partial charge is 0.582 e. The summed E-state index contributed by atoms with van der Waals surface area (Å²) < 4.78 is 9.09. The zero-order valence-corrected chi connectivity index (χ0v) is 4.96. The SMILES string of the molecule is [Ar].[O-][S+](Cl)Cl. The standard InChI is InChI=1S/Ar.Cl2OS/c;1-4(2)3. The van der Waals surface area contributed by atoms with E-state index in [1.54, 1.807) is 0 Å². The maximum Gasteiger partial charge on any atom is 0.198 e. The summed E-state index contributed by atoms with van der Waals surface area (Å²) in [6.07, 6.45) is 0. The summed E-state index contributed by atoms with van der Waals surface area (Å²) in [7, 11) is 7.36. The van der Waals surface area contributed by atoms with Gasteiger partial charge in [0.05, 0.1) is 0 Å². The van der Waals surface area contributed by atoms with Crippen LogP contribution in [0.25, 0.3) is 0 Å². The van der Waals surface area contributed by atoms with Gasteiger partial charge in [-0.1, -0.05) is 0 Å². The van der Waals surface area contributed by atoms with E-state index in [0.29, 0.717) is 0 Å². The summed E-state index contributed by atoms with van der Waals surface area (Å²) in [5.41, 5.74) is 0. The zero-order valence-electron chi connectivity index (χ0n) is 1.93. The van der Waals surface area contributed by atoms with Crippen LogP contribution in [0.5, 0.6) is 0 Å². The molecule has 0 amide bonds. The van der Waals surface area contributed by atoms with Crippen LogP contribution < -0.4 is 0 Å². The van der Waals surface area contributed by atoms with Gasteiger partial charge in [0, 0.05) is 37.7 Å². The van der Waals surface area contributed by atoms with Gasteiger partial charge in [-0.15, -0.1) is 0 Å². The fraction of sp³-hybridized carbons (Fsp3) is 0. The van der Waals surface area contributed by atoms with E-state index in [9.17, 15) is 0 Å². The Labute approximate surface area is 72.2 Å². The van der Waals surface area contributed by atoms with Gasteiger partial charge in [0.15, 0.2) is 31.0 Å². The Kier molecular flexibility index (Phi) is 12.5. The summed E-state index contributed by atoms with van der Waals surface area (Å²) in [6, 6.07) is 0. The second-order valence-electron chi connectivity index (χ2n) is 0.184. The van der Waals surface area contributed by atoms with E-state index in [1.165, 1.54) is 0 Å². The molecule has 0 aliphatic heterocycles. The fourth-order valence-electron chi connectivity index (χ4n) is 0. The van der Waals surface area contributed by atoms with E-state index in [0.717, 1.165) is 0 Å². The van der Waals surface area contributed by atoms with Gasteiger partial charge in [-0.2, -0.15) is 0 Å². The fourth-order valence-corrected chi connectivity index (χ4v) is 0. The summed E-state index contributed by atoms with van der Waals surface area (Å²) in [6.45, 7) is 0. The van der Waals surface area contributed by atoms with Crippen LogP contribution in [0.3, 0.4) is 0 Å². The van der Waals surface area contributed by atoms with E-state index in [1.807, 2.05) is 0 Å². The molecule has 0 fully saturated rings. The summed E-state index contributed by atoms with van der Waals surface area (Å²) in [5.74, 6) is 0. The summed E-state index contributed by atoms with van der Waals surface area (Å²) >= 11 is 0. The van der Waals surface area contributed by atoms with Crippen LogP contribution in [0.1, 0.15) is 0 Å². The number of hydrogen-bond acceptors (Lipinski definition) is 1. The first kappa shape index (κ1) is 10.2. The van der Waals surface area contributed by atoms with Gasteiger partial charge in [-0.3, -0.25) is 0 Å². The second-order valence-corrected chi connectivity index (χ2v) is 2.71. The Bertz CT molecular complexity index is 14.4. The molecule has 0 rings (SSSR count). The molecule has 0 aromatic rings. The predicted molar refractivity (Wildman–Crippen MR) is 19.8 cm³/mol. The van der Waals surface area contributed by atoms with Crippen molar-refractivity contribution in [3.05, 3.63) is 0 Å². The third kappa shape index (κ3) is 22.9. The molecule has 0 radical (unpaired) electrons. The Morgan fingerprint density at radius 1 is 1.40 bits per heavy atom. The van der Waals surface area contributed by atoms with Gasteiger partial charge in [-0.05, 0) is 0 Å². The maximum absolute atomic E-state index is 9.09. The van der Waals surface area contributed by atoms with Crippen LogP contribution >= 0.6 is 21.4 Å². The molecule has 0 N–H and O–H groups in total. The first-order valence-electron chi connectivity index (χ1n) is 0.475. The van der Waals surface area contributed by atoms with E-state index in [4.69, 9.17) is 4.55 Å². The molecule has 34 valence electrons. The van der Waals surface area contributed by atoms with E-state index < -0.39 is 9.60 Å². The normalized spacial score (nSPS) is 7.20. The van der Waals surface area contributed by atoms with Gasteiger partial charge in [0.1, 0.15) is 0 Å². The third-order valence-corrected chi connectivity index (χ3v) is 0. The van der Waals surface area contributed by atoms with E-state index in [2.05, 4.69) is 21.4 Å². The molecule has 0 spiro atoms. The van der Waals surface area contributed by atoms with Crippen molar-refractivity contribution in [3.8, 4) is 0 Å². The summed E-state index contributed by atoms with van der Waals surface area (Å²) in [4.78, 5) is 0. The van der Waals surface area contributed by atoms with Crippen molar-refractivity contribution in [1.82, 2.24) is 0 Å². The molecule has 0 bridgehead atoms. The minimum Gasteiger partial charge on any atom is -0.582 e. The molecule has 0 saturated carbocycles. The zero-order chi connectivity index (χ0) is 3.58. The summed E-state index contributed by atoms with van der Waals surface area (Å²) in [5, 5.41) is 0. The molecule has 0 aromatic heterocycles. The van der Waals surface area contributed by atoms with Crippen LogP contribution in [0.2, 0.25) is 0 Å². The van der Waals surface area contributed by atoms with Crippen molar-refractivity contribution >= 4 is 31.0 Å². The van der Waals surface area contributed by atoms with Crippen LogP contribution in [-0.4, -0.2) is 4.55 Å². The predicted octanol–water partition coefficient (Wildman–Crippen LogP) is 1.04. The smallest absolute Gasteiger partial charge is 0.198 e. The van der Waals surface area contributed by atoms with Crippen molar-refractivity contribution in [2.24, 2.45) is 0 Å². The molecule has 0 aliphatic rings. The van der Waals surface area contributed by atoms with Gasteiger partial charge in [0.25, 0.3) is 0 Å². The monoisotopic (exact) mass is 158 g/mol. The van der Waals surface area contributed by atoms with Crippen molar-refractivity contribution in [2.75, 3.05) is 0 Å². The van der Waals surface area contributed by atoms with Crippen LogP contribution in [0.4, 0.5) is 0 Å². The van der Waals surface area contributed by atoms with Crippen LogP contribution in [0.15, 0.2) is 0 Å². The molecule has 0 saturated heterocycles. The first-order chi connectivity index (χ1) is 1.73. The first-order valence-corrected chi connectivity index (χ1v) is 3.28. The molecule has 0 aromatic carbocycles. The Morgan fingerprint density at radius 3 is 1.40 bits per heavy atom. The van der Waals surface area contributed by atoms with Gasteiger partial charge < -0.3 is 4.55 Å². The van der Waals surface area contributed by atoms with Gasteiger partial charge in [-0.25, -0.2) is 0 Å². The van der Waals surface area contributed by atoms with Crippen molar-refractivity contribution < 1.29 is 42.3 Å². The van der Waals surface area contributed by atoms with Crippen LogP contribution in [-0.2, 0) is 9.60 Å². The number of rotatable bonds is 0. The average molecular weight is 159 g/mol. The van der Waals surface area contributed by atoms with Crippen molar-refractivity contribution in [3.63, 3.8) is 0 Å². The molecule has 0 heterocycles. The minimum absolute atomic E-state index is 0. The Morgan fingerprint density at radius 2 is 1.40 bits per heavy atom. The Balaban J connectivity index is 0. The molecule has 5 heteroatoms. The Hall–Kier alpha value is 2.15. The van der Waals surface area contributed by atoms with Gasteiger partial charge in [0.2, 0.25) is 0 Å². The quantitative estimate of drug-likeness (QED) is 0.484. The topological polar surface area (TPSA) is 23.1 Å². The average Bonchev–Trinajstić information content (AvgIpc) is 0.811. The molecule has 1 nitrogen and oxygen atoms in total. The number of hydrogen-bond donors (Lipinski definition) is 0.